The van der Waals surface area contributed by atoms with Crippen LogP contribution in [0.5, 0.6) is 0 Å². The van der Waals surface area contributed by atoms with Crippen LogP contribution >= 0.6 is 11.6 Å². The minimum absolute atomic E-state index is 0.185. The Bertz CT molecular complexity index is 452. The van der Waals surface area contributed by atoms with Gasteiger partial charge < -0.3 is 9.80 Å². The van der Waals surface area contributed by atoms with Gasteiger partial charge in [-0.25, -0.2) is 9.97 Å². The van der Waals surface area contributed by atoms with Gasteiger partial charge in [0.15, 0.2) is 0 Å². The van der Waals surface area contributed by atoms with E-state index in [1.54, 1.807) is 0 Å². The molecular formula is C11H14ClF3N4. The van der Waals surface area contributed by atoms with Crippen molar-refractivity contribution in [2.45, 2.75) is 12.6 Å². The van der Waals surface area contributed by atoms with Crippen molar-refractivity contribution < 1.29 is 13.2 Å². The van der Waals surface area contributed by atoms with Crippen LogP contribution in [0.15, 0.2) is 6.07 Å². The number of aromatic nitrogens is 2. The van der Waals surface area contributed by atoms with Crippen LogP contribution in [0.3, 0.4) is 0 Å². The normalized spacial score (nSPS) is 18.5. The number of alkyl halides is 3. The third-order valence-electron chi connectivity index (χ3n) is 2.98. The lowest BCUT2D eigenvalue weighted by atomic mass is 10.4. The van der Waals surface area contributed by atoms with E-state index in [-0.39, 0.29) is 11.0 Å². The van der Waals surface area contributed by atoms with Gasteiger partial charge in [0, 0.05) is 25.7 Å². The van der Waals surface area contributed by atoms with E-state index in [4.69, 9.17) is 11.6 Å². The summed E-state index contributed by atoms with van der Waals surface area (Å²) in [5.41, 5.74) is 0. The first-order valence-electron chi connectivity index (χ1n) is 5.91. The number of halogens is 4. The maximum absolute atomic E-state index is 12.6. The number of nitrogens with zero attached hydrogens (tertiary/aromatic N) is 4. The number of likely N-dealkylation sites (N-methyl/N-ethyl adjacent to an activating group) is 1. The highest BCUT2D eigenvalue weighted by Gasteiger charge is 2.35. The number of hydrogen-bond donors (Lipinski definition) is 0. The van der Waals surface area contributed by atoms with Crippen molar-refractivity contribution in [2.24, 2.45) is 0 Å². The monoisotopic (exact) mass is 294 g/mol. The van der Waals surface area contributed by atoms with Gasteiger partial charge >= 0.3 is 6.18 Å². The van der Waals surface area contributed by atoms with Crippen LogP contribution in [0.4, 0.5) is 19.0 Å². The Kier molecular flexibility index (Phi) is 4.15. The van der Waals surface area contributed by atoms with E-state index in [2.05, 4.69) is 14.9 Å². The van der Waals surface area contributed by atoms with Crippen LogP contribution in [0, 0.1) is 0 Å². The zero-order chi connectivity index (χ0) is 14.0. The predicted molar refractivity (Wildman–Crippen MR) is 66.4 cm³/mol. The molecule has 19 heavy (non-hydrogen) atoms. The summed E-state index contributed by atoms with van der Waals surface area (Å²) in [7, 11) is 1.98. The van der Waals surface area contributed by atoms with Gasteiger partial charge in [-0.3, -0.25) is 0 Å². The standard InChI is InChI=1S/C11H14ClF3N4/c1-18-3-2-4-19(6-5-18)9-7-8(12)16-10(17-9)11(13,14)15/h7H,2-6H2,1H3. The van der Waals surface area contributed by atoms with Gasteiger partial charge in [-0.2, -0.15) is 13.2 Å². The minimum Gasteiger partial charge on any atom is -0.355 e. The lowest BCUT2D eigenvalue weighted by Gasteiger charge is -2.22. The second-order valence-corrected chi connectivity index (χ2v) is 4.90. The van der Waals surface area contributed by atoms with E-state index in [0.29, 0.717) is 13.1 Å². The SMILES string of the molecule is CN1CCCN(c2cc(Cl)nc(C(F)(F)F)n2)CC1. The molecule has 0 atom stereocenters. The van der Waals surface area contributed by atoms with Crippen molar-refractivity contribution in [2.75, 3.05) is 38.1 Å². The van der Waals surface area contributed by atoms with Crippen LogP contribution in [-0.2, 0) is 6.18 Å². The lowest BCUT2D eigenvalue weighted by molar-refractivity contribution is -0.144. The average molecular weight is 295 g/mol. The van der Waals surface area contributed by atoms with Gasteiger partial charge in [0.1, 0.15) is 11.0 Å². The topological polar surface area (TPSA) is 32.3 Å². The maximum Gasteiger partial charge on any atom is 0.451 e. The molecular weight excluding hydrogens is 281 g/mol. The zero-order valence-electron chi connectivity index (χ0n) is 10.4. The van der Waals surface area contributed by atoms with Crippen molar-refractivity contribution >= 4 is 17.4 Å². The van der Waals surface area contributed by atoms with Crippen molar-refractivity contribution in [1.82, 2.24) is 14.9 Å². The first-order chi connectivity index (χ1) is 8.86. The smallest absolute Gasteiger partial charge is 0.355 e. The summed E-state index contributed by atoms with van der Waals surface area (Å²) in [6, 6.07) is 1.38. The van der Waals surface area contributed by atoms with Crippen molar-refractivity contribution in [1.29, 1.82) is 0 Å². The van der Waals surface area contributed by atoms with E-state index < -0.39 is 12.0 Å². The largest absolute Gasteiger partial charge is 0.451 e. The van der Waals surface area contributed by atoms with Crippen LogP contribution in [-0.4, -0.2) is 48.1 Å². The lowest BCUT2D eigenvalue weighted by Crippen LogP contribution is -2.30. The highest BCUT2D eigenvalue weighted by atomic mass is 35.5. The second kappa shape index (κ2) is 5.50. The molecule has 1 fully saturated rings. The summed E-state index contributed by atoms with van der Waals surface area (Å²) in [4.78, 5) is 10.8. The molecule has 0 aromatic carbocycles. The number of hydrogen-bond acceptors (Lipinski definition) is 4. The Morgan fingerprint density at radius 2 is 1.89 bits per heavy atom. The molecule has 0 bridgehead atoms. The quantitative estimate of drug-likeness (QED) is 0.744. The Labute approximate surface area is 114 Å². The molecule has 8 heteroatoms. The molecule has 0 saturated carbocycles. The van der Waals surface area contributed by atoms with E-state index in [1.807, 2.05) is 11.9 Å². The molecule has 0 amide bonds. The highest BCUT2D eigenvalue weighted by molar-refractivity contribution is 6.29. The summed E-state index contributed by atoms with van der Waals surface area (Å²) in [6.07, 6.45) is -3.71. The van der Waals surface area contributed by atoms with Gasteiger partial charge in [0.25, 0.3) is 0 Å². The molecule has 2 rings (SSSR count). The molecule has 0 spiro atoms. The average Bonchev–Trinajstić information content (AvgIpc) is 2.52. The third kappa shape index (κ3) is 3.70. The van der Waals surface area contributed by atoms with Gasteiger partial charge in [-0.05, 0) is 20.0 Å². The predicted octanol–water partition coefficient (Wildman–Crippen LogP) is 2.29. The van der Waals surface area contributed by atoms with Crippen LogP contribution in [0.2, 0.25) is 5.15 Å². The van der Waals surface area contributed by atoms with E-state index in [1.165, 1.54) is 6.07 Å². The summed E-state index contributed by atoms with van der Waals surface area (Å²) < 4.78 is 37.9. The van der Waals surface area contributed by atoms with Gasteiger partial charge in [-0.15, -0.1) is 0 Å². The fraction of sp³-hybridized carbons (Fsp3) is 0.636. The van der Waals surface area contributed by atoms with Crippen LogP contribution < -0.4 is 4.90 Å². The maximum atomic E-state index is 12.6. The Balaban J connectivity index is 2.26. The first-order valence-corrected chi connectivity index (χ1v) is 6.29. The third-order valence-corrected chi connectivity index (χ3v) is 3.17. The Hall–Kier alpha value is -1.08. The summed E-state index contributed by atoms with van der Waals surface area (Å²) in [5, 5.41) is -0.185. The Morgan fingerprint density at radius 1 is 1.16 bits per heavy atom. The molecule has 1 aromatic rings. The molecule has 1 aliphatic heterocycles. The van der Waals surface area contributed by atoms with Gasteiger partial charge in [-0.1, -0.05) is 11.6 Å². The fourth-order valence-electron chi connectivity index (χ4n) is 1.97. The second-order valence-electron chi connectivity index (χ2n) is 4.51. The molecule has 4 nitrogen and oxygen atoms in total. The summed E-state index contributed by atoms with van der Waals surface area (Å²) in [5.74, 6) is -0.949. The highest BCUT2D eigenvalue weighted by Crippen LogP contribution is 2.29. The van der Waals surface area contributed by atoms with Crippen molar-refractivity contribution in [3.05, 3.63) is 17.0 Å². The molecule has 0 aliphatic carbocycles. The van der Waals surface area contributed by atoms with Crippen LogP contribution in [0.1, 0.15) is 12.2 Å². The number of anilines is 1. The molecule has 0 radical (unpaired) electrons. The van der Waals surface area contributed by atoms with Crippen LogP contribution in [0.25, 0.3) is 0 Å². The number of rotatable bonds is 1. The molecule has 106 valence electrons. The van der Waals surface area contributed by atoms with E-state index in [0.717, 1.165) is 19.5 Å². The van der Waals surface area contributed by atoms with E-state index >= 15 is 0 Å². The molecule has 0 unspecified atom stereocenters. The molecule has 1 aromatic heterocycles. The summed E-state index contributed by atoms with van der Waals surface area (Å²) >= 11 is 5.66. The van der Waals surface area contributed by atoms with E-state index in [9.17, 15) is 13.2 Å². The van der Waals surface area contributed by atoms with Gasteiger partial charge in [0.05, 0.1) is 0 Å². The first kappa shape index (κ1) is 14.3. The zero-order valence-corrected chi connectivity index (χ0v) is 11.2. The van der Waals surface area contributed by atoms with Crippen molar-refractivity contribution in [3.63, 3.8) is 0 Å². The molecule has 1 saturated heterocycles. The van der Waals surface area contributed by atoms with Gasteiger partial charge in [0.2, 0.25) is 5.82 Å². The Morgan fingerprint density at radius 3 is 2.58 bits per heavy atom. The fourth-order valence-corrected chi connectivity index (χ4v) is 2.15. The van der Waals surface area contributed by atoms with Crippen molar-refractivity contribution in [3.8, 4) is 0 Å². The minimum atomic E-state index is -4.58. The molecule has 0 N–H and O–H groups in total. The summed E-state index contributed by atoms with van der Waals surface area (Å²) in [6.45, 7) is 2.99. The molecule has 2 heterocycles. The molecule has 1 aliphatic rings.